The second-order valence-corrected chi connectivity index (χ2v) is 12.7. The van der Waals surface area contributed by atoms with Crippen molar-refractivity contribution in [3.63, 3.8) is 0 Å². The Labute approximate surface area is 240 Å². The van der Waals surface area contributed by atoms with Crippen LogP contribution >= 0.6 is 15.9 Å². The monoisotopic (exact) mass is 604 g/mol. The average molecular weight is 605 g/mol. The van der Waals surface area contributed by atoms with Gasteiger partial charge < -0.3 is 4.74 Å². The smallest absolute Gasteiger partial charge is 0.334 e. The number of carbonyl (C=O) groups is 5. The molecule has 206 valence electrons. The predicted molar refractivity (Wildman–Crippen MR) is 150 cm³/mol. The van der Waals surface area contributed by atoms with Crippen LogP contribution in [0.2, 0.25) is 0 Å². The normalized spacial score (nSPS) is 32.6. The summed E-state index contributed by atoms with van der Waals surface area (Å²) in [4.78, 5) is 73.0. The largest absolute Gasteiger partial charge is 0.463 e. The maximum Gasteiger partial charge on any atom is 0.334 e. The van der Waals surface area contributed by atoms with E-state index in [1.165, 1.54) is 0 Å². The maximum atomic E-state index is 14.3. The molecular formula is C31H29BrN2O6. The highest BCUT2D eigenvalue weighted by molar-refractivity contribution is 9.10. The third-order valence-corrected chi connectivity index (χ3v) is 10.9. The fraction of sp³-hybridized carbons (Fsp3) is 0.387. The van der Waals surface area contributed by atoms with Crippen molar-refractivity contribution in [2.75, 3.05) is 16.4 Å². The highest BCUT2D eigenvalue weighted by Gasteiger charge is 2.81. The zero-order valence-electron chi connectivity index (χ0n) is 22.9. The molecule has 4 amide bonds. The number of hydrogen-bond acceptors (Lipinski definition) is 6. The molecule has 3 aliphatic carbocycles. The number of anilines is 2. The molecule has 8 nitrogen and oxygen atoms in total. The molecule has 4 atom stereocenters. The maximum absolute atomic E-state index is 14.3. The lowest BCUT2D eigenvalue weighted by Gasteiger charge is -2.59. The van der Waals surface area contributed by atoms with Crippen molar-refractivity contribution in [1.29, 1.82) is 0 Å². The molecule has 3 fully saturated rings. The quantitative estimate of drug-likeness (QED) is 0.294. The number of benzene rings is 2. The van der Waals surface area contributed by atoms with Gasteiger partial charge >= 0.3 is 5.97 Å². The van der Waals surface area contributed by atoms with E-state index in [9.17, 15) is 24.0 Å². The zero-order valence-corrected chi connectivity index (χ0v) is 24.4. The van der Waals surface area contributed by atoms with E-state index in [-0.39, 0.29) is 12.2 Å². The van der Waals surface area contributed by atoms with Gasteiger partial charge in [0.15, 0.2) is 0 Å². The van der Waals surface area contributed by atoms with Crippen LogP contribution in [0.5, 0.6) is 0 Å². The highest BCUT2D eigenvalue weighted by Crippen LogP contribution is 2.72. The number of allylic oxidation sites excluding steroid dienone is 1. The van der Waals surface area contributed by atoms with Gasteiger partial charge in [0.1, 0.15) is 0 Å². The SMILES string of the molecule is CCOC(=O)C1=C(C)C2(Br)[C@H]3C(=O)N(c4cccc(C)c4)C(=O)[C@@H]3C1(C)[C@H]1C(=O)N(c3cccc(C)c3)C(=O)[C@@H]12. The zero-order chi connectivity index (χ0) is 28.9. The van der Waals surface area contributed by atoms with Crippen LogP contribution in [0.25, 0.3) is 0 Å². The van der Waals surface area contributed by atoms with Crippen LogP contribution in [0.15, 0.2) is 59.7 Å². The molecule has 7 rings (SSSR count). The number of halogens is 1. The lowest BCUT2D eigenvalue weighted by molar-refractivity contribution is -0.152. The van der Waals surface area contributed by atoms with E-state index in [2.05, 4.69) is 15.9 Å². The van der Waals surface area contributed by atoms with Crippen LogP contribution in [0.3, 0.4) is 0 Å². The molecule has 9 heteroatoms. The minimum Gasteiger partial charge on any atom is -0.463 e. The second-order valence-electron chi connectivity index (χ2n) is 11.4. The van der Waals surface area contributed by atoms with Gasteiger partial charge in [-0.3, -0.25) is 19.2 Å². The Hall–Kier alpha value is -3.59. The number of carbonyl (C=O) groups excluding carboxylic acids is 5. The van der Waals surface area contributed by atoms with Crippen molar-refractivity contribution < 1.29 is 28.7 Å². The van der Waals surface area contributed by atoms with Crippen LogP contribution < -0.4 is 9.80 Å². The standard InChI is InChI=1S/C31H29BrN2O6/c1-6-40-29(39)20-17(4)31(32)23-21(25(35)33(27(23)37)18-11-7-9-15(2)13-18)30(20,5)22-24(31)28(38)34(26(22)36)19-12-8-10-16(3)14-19/h7-14,21-24H,6H2,1-5H3/t21-,22-,23-,24-,30?,31?/m1/s1. The van der Waals surface area contributed by atoms with E-state index in [0.717, 1.165) is 20.9 Å². The third kappa shape index (κ3) is 3.09. The topological polar surface area (TPSA) is 101 Å². The number of alkyl halides is 1. The molecule has 1 saturated carbocycles. The summed E-state index contributed by atoms with van der Waals surface area (Å²) in [5.41, 5.74) is 1.76. The molecule has 0 radical (unpaired) electrons. The Balaban J connectivity index is 1.60. The lowest BCUT2D eigenvalue weighted by atomic mass is 9.43. The fourth-order valence-corrected chi connectivity index (χ4v) is 8.89. The first-order valence-corrected chi connectivity index (χ1v) is 14.2. The second kappa shape index (κ2) is 8.70. The Kier molecular flexibility index (Phi) is 5.79. The van der Waals surface area contributed by atoms with Gasteiger partial charge in [-0.2, -0.15) is 0 Å². The van der Waals surface area contributed by atoms with Crippen molar-refractivity contribution >= 4 is 56.9 Å². The minimum absolute atomic E-state index is 0.0910. The number of ether oxygens (including phenoxy) is 1. The van der Waals surface area contributed by atoms with Gasteiger partial charge in [0.05, 0.1) is 46.0 Å². The number of imide groups is 2. The molecule has 2 bridgehead atoms. The molecule has 0 N–H and O–H groups in total. The summed E-state index contributed by atoms with van der Waals surface area (Å²) in [6, 6.07) is 14.1. The van der Waals surface area contributed by atoms with Crippen LogP contribution in [-0.2, 0) is 28.7 Å². The number of nitrogens with zero attached hydrogens (tertiary/aromatic N) is 2. The van der Waals surface area contributed by atoms with E-state index in [4.69, 9.17) is 4.74 Å². The number of hydrogen-bond donors (Lipinski definition) is 0. The fourth-order valence-electron chi connectivity index (χ4n) is 7.77. The Morgan fingerprint density at radius 1 is 0.800 bits per heavy atom. The van der Waals surface area contributed by atoms with Gasteiger partial charge in [0, 0.05) is 11.0 Å². The van der Waals surface area contributed by atoms with Gasteiger partial charge in [-0.05, 0) is 68.7 Å². The van der Waals surface area contributed by atoms with Crippen molar-refractivity contribution in [3.8, 4) is 0 Å². The van der Waals surface area contributed by atoms with Gasteiger partial charge in [0.25, 0.3) is 0 Å². The molecule has 2 saturated heterocycles. The molecule has 0 unspecified atom stereocenters. The van der Waals surface area contributed by atoms with Gasteiger partial charge in [-0.1, -0.05) is 47.1 Å². The first-order valence-electron chi connectivity index (χ1n) is 13.4. The summed E-state index contributed by atoms with van der Waals surface area (Å²) >= 11 is 3.80. The summed E-state index contributed by atoms with van der Waals surface area (Å²) in [7, 11) is 0. The molecule has 2 heterocycles. The average Bonchev–Trinajstić information content (AvgIpc) is 3.33. The number of esters is 1. The Morgan fingerprint density at radius 3 is 1.62 bits per heavy atom. The van der Waals surface area contributed by atoms with Crippen LogP contribution in [0, 0.1) is 42.9 Å². The number of aryl methyl sites for hydroxylation is 2. The molecule has 0 spiro atoms. The molecule has 5 aliphatic rings. The van der Waals surface area contributed by atoms with Crippen molar-refractivity contribution in [2.45, 2.75) is 38.9 Å². The highest BCUT2D eigenvalue weighted by atomic mass is 79.9. The Bertz CT molecular complexity index is 1490. The van der Waals surface area contributed by atoms with Gasteiger partial charge in [-0.25, -0.2) is 14.6 Å². The molecule has 2 aromatic carbocycles. The predicted octanol–water partition coefficient (Wildman–Crippen LogP) is 4.26. The van der Waals surface area contributed by atoms with E-state index >= 15 is 0 Å². The summed E-state index contributed by atoms with van der Waals surface area (Å²) < 4.78 is 4.01. The van der Waals surface area contributed by atoms with Crippen molar-refractivity contribution in [2.24, 2.45) is 29.1 Å². The summed E-state index contributed by atoms with van der Waals surface area (Å²) in [5, 5.41) is 0. The summed E-state index contributed by atoms with van der Waals surface area (Å²) in [6.07, 6.45) is 0. The third-order valence-electron chi connectivity index (χ3n) is 9.30. The van der Waals surface area contributed by atoms with E-state index < -0.39 is 63.0 Å². The molecular weight excluding hydrogens is 576 g/mol. The van der Waals surface area contributed by atoms with Gasteiger partial charge in [-0.15, -0.1) is 0 Å². The van der Waals surface area contributed by atoms with Crippen LogP contribution in [0.4, 0.5) is 11.4 Å². The summed E-state index contributed by atoms with van der Waals surface area (Å²) in [5.74, 6) is -6.66. The first kappa shape index (κ1) is 26.6. The van der Waals surface area contributed by atoms with Crippen LogP contribution in [0.1, 0.15) is 31.9 Å². The van der Waals surface area contributed by atoms with E-state index in [0.29, 0.717) is 16.9 Å². The van der Waals surface area contributed by atoms with Crippen molar-refractivity contribution in [3.05, 3.63) is 70.8 Å². The molecule has 0 aromatic heterocycles. The molecule has 2 aliphatic heterocycles. The van der Waals surface area contributed by atoms with Gasteiger partial charge in [0.2, 0.25) is 23.6 Å². The first-order chi connectivity index (χ1) is 18.9. The van der Waals surface area contributed by atoms with Crippen LogP contribution in [-0.4, -0.2) is 40.5 Å². The molecule has 2 aromatic rings. The lowest BCUT2D eigenvalue weighted by Crippen LogP contribution is -2.67. The summed E-state index contributed by atoms with van der Waals surface area (Å²) in [6.45, 7) is 8.88. The van der Waals surface area contributed by atoms with Crippen molar-refractivity contribution in [1.82, 2.24) is 0 Å². The minimum atomic E-state index is -1.46. The Morgan fingerprint density at radius 2 is 1.23 bits per heavy atom. The molecule has 40 heavy (non-hydrogen) atoms. The van der Waals surface area contributed by atoms with E-state index in [1.54, 1.807) is 57.2 Å². The number of amides is 4. The number of rotatable bonds is 4. The van der Waals surface area contributed by atoms with E-state index in [1.807, 2.05) is 26.0 Å².